The highest BCUT2D eigenvalue weighted by atomic mass is 31.0. The average molecular weight is 234 g/mol. The molecule has 17 heavy (non-hydrogen) atoms. The molecule has 0 aliphatic heterocycles. The Labute approximate surface area is 101 Å². The van der Waals surface area contributed by atoms with E-state index in [1.807, 2.05) is 0 Å². The van der Waals surface area contributed by atoms with Crippen LogP contribution in [0.2, 0.25) is 0 Å². The van der Waals surface area contributed by atoms with Crippen molar-refractivity contribution in [1.29, 1.82) is 0 Å². The molecule has 1 heteroatoms. The Balaban J connectivity index is 2.34. The van der Waals surface area contributed by atoms with Crippen molar-refractivity contribution in [2.75, 3.05) is 0 Å². The molecule has 0 saturated carbocycles. The molecule has 4 rings (SSSR count). The van der Waals surface area contributed by atoms with Gasteiger partial charge < -0.3 is 0 Å². The standard InChI is InChI=1S/C16H11P/c1-2-4-13-11(3-1)5-8-15-14(13)7-6-12-9-10-17-16(12)15/h1-10,17H. The molecule has 1 heterocycles. The molecule has 0 saturated heterocycles. The highest BCUT2D eigenvalue weighted by Crippen LogP contribution is 2.35. The van der Waals surface area contributed by atoms with Gasteiger partial charge in [0.1, 0.15) is 0 Å². The van der Waals surface area contributed by atoms with Crippen molar-refractivity contribution in [3.8, 4) is 0 Å². The molecular weight excluding hydrogens is 223 g/mol. The molecule has 0 bridgehead atoms. The van der Waals surface area contributed by atoms with E-state index in [0.29, 0.717) is 0 Å². The molecule has 1 atom stereocenters. The topological polar surface area (TPSA) is 0 Å². The Morgan fingerprint density at radius 1 is 0.588 bits per heavy atom. The van der Waals surface area contributed by atoms with Crippen molar-refractivity contribution in [1.82, 2.24) is 0 Å². The summed E-state index contributed by atoms with van der Waals surface area (Å²) in [6.45, 7) is 0. The van der Waals surface area contributed by atoms with Gasteiger partial charge in [0.15, 0.2) is 0 Å². The van der Waals surface area contributed by atoms with E-state index in [1.165, 1.54) is 32.0 Å². The predicted octanol–water partition coefficient (Wildman–Crippen LogP) is 5.18. The maximum absolute atomic E-state index is 2.28. The van der Waals surface area contributed by atoms with Crippen molar-refractivity contribution in [2.45, 2.75) is 0 Å². The van der Waals surface area contributed by atoms with Gasteiger partial charge in [0.05, 0.1) is 0 Å². The van der Waals surface area contributed by atoms with Crippen molar-refractivity contribution in [3.63, 3.8) is 0 Å². The number of fused-ring (bicyclic) bond motifs is 5. The predicted molar refractivity (Wildman–Crippen MR) is 78.5 cm³/mol. The van der Waals surface area contributed by atoms with Gasteiger partial charge in [0.2, 0.25) is 0 Å². The Morgan fingerprint density at radius 3 is 2.41 bits per heavy atom. The van der Waals surface area contributed by atoms with Crippen LogP contribution < -0.4 is 0 Å². The lowest BCUT2D eigenvalue weighted by molar-refractivity contribution is 1.80. The van der Waals surface area contributed by atoms with Gasteiger partial charge in [-0.05, 0) is 32.7 Å². The molecule has 0 nitrogen and oxygen atoms in total. The SMILES string of the molecule is c1ccc2c(c1)ccc1c2ccc2cc[pH]c21. The lowest BCUT2D eigenvalue weighted by atomic mass is 10.0. The molecule has 0 fully saturated rings. The smallest absolute Gasteiger partial charge is 0.00603 e. The summed E-state index contributed by atoms with van der Waals surface area (Å²) in [5.41, 5.74) is 0. The molecule has 0 aliphatic rings. The quantitative estimate of drug-likeness (QED) is 0.368. The van der Waals surface area contributed by atoms with Gasteiger partial charge >= 0.3 is 0 Å². The maximum Gasteiger partial charge on any atom is 0.00603 e. The average Bonchev–Trinajstić information content (AvgIpc) is 2.86. The first-order chi connectivity index (χ1) is 8.43. The van der Waals surface area contributed by atoms with E-state index in [4.69, 9.17) is 0 Å². The minimum Gasteiger partial charge on any atom is -0.131 e. The van der Waals surface area contributed by atoms with E-state index in [1.54, 1.807) is 0 Å². The van der Waals surface area contributed by atoms with Crippen LogP contribution in [-0.4, -0.2) is 0 Å². The third-order valence-electron chi connectivity index (χ3n) is 3.45. The fourth-order valence-electron chi connectivity index (χ4n) is 2.62. The van der Waals surface area contributed by atoms with Crippen LogP contribution in [0.5, 0.6) is 0 Å². The number of hydrogen-bond acceptors (Lipinski definition) is 0. The van der Waals surface area contributed by atoms with Crippen LogP contribution in [0.4, 0.5) is 0 Å². The molecule has 0 radical (unpaired) electrons. The summed E-state index contributed by atoms with van der Waals surface area (Å²) in [4.78, 5) is 0. The summed E-state index contributed by atoms with van der Waals surface area (Å²) in [5, 5.41) is 8.40. The van der Waals surface area contributed by atoms with Crippen LogP contribution in [0.3, 0.4) is 0 Å². The summed E-state index contributed by atoms with van der Waals surface area (Å²) in [7, 11) is 0.824. The lowest BCUT2D eigenvalue weighted by Gasteiger charge is -2.04. The minimum atomic E-state index is 0.824. The first kappa shape index (κ1) is 9.27. The zero-order valence-corrected chi connectivity index (χ0v) is 10.3. The van der Waals surface area contributed by atoms with Crippen LogP contribution in [0, 0.1) is 0 Å². The molecule has 1 unspecified atom stereocenters. The van der Waals surface area contributed by atoms with Crippen molar-refractivity contribution < 1.29 is 0 Å². The van der Waals surface area contributed by atoms with E-state index < -0.39 is 0 Å². The molecule has 3 aromatic carbocycles. The Hall–Kier alpha value is -1.78. The molecule has 0 N–H and O–H groups in total. The number of rotatable bonds is 0. The van der Waals surface area contributed by atoms with Crippen LogP contribution in [0.25, 0.3) is 32.0 Å². The monoisotopic (exact) mass is 234 g/mol. The molecule has 0 amide bonds. The zero-order valence-electron chi connectivity index (χ0n) is 9.27. The van der Waals surface area contributed by atoms with Crippen LogP contribution in [0.1, 0.15) is 0 Å². The Bertz CT molecular complexity index is 840. The number of hydrogen-bond donors (Lipinski definition) is 0. The Morgan fingerprint density at radius 2 is 1.41 bits per heavy atom. The van der Waals surface area contributed by atoms with Crippen molar-refractivity contribution in [2.24, 2.45) is 0 Å². The van der Waals surface area contributed by atoms with E-state index in [-0.39, 0.29) is 0 Å². The van der Waals surface area contributed by atoms with Gasteiger partial charge in [-0.25, -0.2) is 0 Å². The Kier molecular flexibility index (Phi) is 1.83. The third-order valence-corrected chi connectivity index (χ3v) is 4.63. The highest BCUT2D eigenvalue weighted by Gasteiger charge is 2.03. The molecule has 4 aromatic rings. The second kappa shape index (κ2) is 3.35. The van der Waals surface area contributed by atoms with E-state index in [9.17, 15) is 0 Å². The van der Waals surface area contributed by atoms with Gasteiger partial charge in [-0.15, -0.1) is 8.19 Å². The fraction of sp³-hybridized carbons (Fsp3) is 0. The highest BCUT2D eigenvalue weighted by molar-refractivity contribution is 7.37. The van der Waals surface area contributed by atoms with Gasteiger partial charge in [0.25, 0.3) is 0 Å². The second-order valence-electron chi connectivity index (χ2n) is 4.39. The van der Waals surface area contributed by atoms with E-state index in [0.717, 1.165) is 8.19 Å². The van der Waals surface area contributed by atoms with Gasteiger partial charge in [0, 0.05) is 5.12 Å². The van der Waals surface area contributed by atoms with Crippen molar-refractivity contribution in [3.05, 3.63) is 60.4 Å². The molecule has 80 valence electrons. The minimum absolute atomic E-state index is 0.824. The first-order valence-corrected chi connectivity index (χ1v) is 6.89. The van der Waals surface area contributed by atoms with Gasteiger partial charge in [-0.3, -0.25) is 0 Å². The summed E-state index contributed by atoms with van der Waals surface area (Å²) >= 11 is 0. The summed E-state index contributed by atoms with van der Waals surface area (Å²) in [6.07, 6.45) is 0. The van der Waals surface area contributed by atoms with Crippen molar-refractivity contribution >= 4 is 40.2 Å². The largest absolute Gasteiger partial charge is 0.131 e. The molecule has 0 spiro atoms. The third kappa shape index (κ3) is 1.25. The first-order valence-electron chi connectivity index (χ1n) is 5.81. The summed E-state index contributed by atoms with van der Waals surface area (Å²) in [5.74, 6) is 2.28. The van der Waals surface area contributed by atoms with E-state index >= 15 is 0 Å². The van der Waals surface area contributed by atoms with E-state index in [2.05, 4.69) is 60.4 Å². The molecule has 0 aliphatic carbocycles. The lowest BCUT2D eigenvalue weighted by Crippen LogP contribution is -1.77. The maximum atomic E-state index is 2.28. The summed E-state index contributed by atoms with van der Waals surface area (Å²) in [6, 6.07) is 19.9. The van der Waals surface area contributed by atoms with Crippen LogP contribution in [0.15, 0.2) is 60.4 Å². The van der Waals surface area contributed by atoms with Crippen LogP contribution >= 0.6 is 8.19 Å². The zero-order chi connectivity index (χ0) is 11.2. The normalized spacial score (nSPS) is 12.0. The van der Waals surface area contributed by atoms with Gasteiger partial charge in [-0.2, -0.15) is 0 Å². The van der Waals surface area contributed by atoms with Gasteiger partial charge in [-0.1, -0.05) is 54.6 Å². The second-order valence-corrected chi connectivity index (χ2v) is 5.51. The fourth-order valence-corrected chi connectivity index (χ4v) is 3.76. The van der Waals surface area contributed by atoms with Crippen LogP contribution in [-0.2, 0) is 0 Å². The summed E-state index contributed by atoms with van der Waals surface area (Å²) < 4.78 is 0. The number of benzene rings is 3. The molecule has 1 aromatic heterocycles. The molecular formula is C16H11P.